The number of allylic oxidation sites excluding steroid dienone is 2. The molecular formula is C32H32ClF3N8O3. The van der Waals surface area contributed by atoms with Crippen molar-refractivity contribution < 1.29 is 23.1 Å². The second-order valence-electron chi connectivity index (χ2n) is 12.3. The number of pyridine rings is 1. The maximum absolute atomic E-state index is 14.1. The van der Waals surface area contributed by atoms with Gasteiger partial charge in [0.15, 0.2) is 17.4 Å². The molecule has 2 N–H and O–H groups in total. The first-order chi connectivity index (χ1) is 22.5. The van der Waals surface area contributed by atoms with Crippen LogP contribution in [0.25, 0.3) is 11.4 Å². The summed E-state index contributed by atoms with van der Waals surface area (Å²) < 4.78 is 42.4. The molecule has 1 amide bonds. The number of aromatic hydroxyl groups is 1. The molecule has 47 heavy (non-hydrogen) atoms. The van der Waals surface area contributed by atoms with Gasteiger partial charge < -0.3 is 24.8 Å². The monoisotopic (exact) mass is 668 g/mol. The maximum atomic E-state index is 14.1. The van der Waals surface area contributed by atoms with Crippen LogP contribution in [0.1, 0.15) is 49.7 Å². The maximum Gasteiger partial charge on any atom is 0.416 e. The zero-order valence-electron chi connectivity index (χ0n) is 25.5. The number of hydrogen-bond acceptors (Lipinski definition) is 8. The molecule has 0 radical (unpaired) electrons. The van der Waals surface area contributed by atoms with Crippen molar-refractivity contribution in [3.63, 3.8) is 0 Å². The third-order valence-electron chi connectivity index (χ3n) is 9.35. The number of hydrogen-bond donors (Lipinski definition) is 2. The highest BCUT2D eigenvalue weighted by atomic mass is 35.5. The standard InChI is InChI=1S/C32H32ClF3N8O3/c1-2-23-26(41-11-13-42(14-12-41)28-24(45)5-3-10-37-28)29(47)44-30(39-27(40-44)19-16-31(17-19)8-4-9-31)43(23)18-25(46)38-22-7-6-20(15-21(22)33)32(34,35)36/h3,5-7,10,15-16,45H,2,4,8-9,11-14,17-18H2,1H3,(H,38,46). The highest BCUT2D eigenvalue weighted by molar-refractivity contribution is 6.33. The molecule has 1 aromatic carbocycles. The van der Waals surface area contributed by atoms with Gasteiger partial charge in [0.1, 0.15) is 12.2 Å². The van der Waals surface area contributed by atoms with E-state index in [9.17, 15) is 27.9 Å². The zero-order valence-corrected chi connectivity index (χ0v) is 26.3. The van der Waals surface area contributed by atoms with Gasteiger partial charge in [-0.2, -0.15) is 22.7 Å². The molecule has 1 saturated heterocycles. The number of aromatic nitrogens is 5. The Kier molecular flexibility index (Phi) is 7.65. The van der Waals surface area contributed by atoms with Crippen LogP contribution in [0.15, 0.2) is 47.4 Å². The average molecular weight is 669 g/mol. The molecular weight excluding hydrogens is 637 g/mol. The Morgan fingerprint density at radius 2 is 1.85 bits per heavy atom. The molecule has 4 heterocycles. The summed E-state index contributed by atoms with van der Waals surface area (Å²) in [5, 5.41) is 17.3. The number of halogens is 4. The molecule has 11 nitrogen and oxygen atoms in total. The Morgan fingerprint density at radius 3 is 2.47 bits per heavy atom. The SMILES string of the molecule is CCc1c(N2CCN(c3ncccc3O)CC2)c(=O)n2nc(C3=CC4(CCC4)C3)nc2n1CC(=O)Nc1ccc(C(F)(F)F)cc1Cl. The highest BCUT2D eigenvalue weighted by Gasteiger charge is 2.43. The zero-order chi connectivity index (χ0) is 33.1. The Bertz CT molecular complexity index is 1980. The molecule has 3 aromatic heterocycles. The van der Waals surface area contributed by atoms with Crippen molar-refractivity contribution in [2.75, 3.05) is 41.3 Å². The van der Waals surface area contributed by atoms with Crippen LogP contribution < -0.4 is 20.7 Å². The van der Waals surface area contributed by atoms with Gasteiger partial charge in [-0.15, -0.1) is 5.10 Å². The van der Waals surface area contributed by atoms with Gasteiger partial charge in [-0.25, -0.2) is 4.98 Å². The number of amides is 1. The molecule has 0 atom stereocenters. The number of anilines is 3. The van der Waals surface area contributed by atoms with Crippen LogP contribution in [-0.2, 0) is 23.9 Å². The molecule has 1 aliphatic heterocycles. The summed E-state index contributed by atoms with van der Waals surface area (Å²) >= 11 is 6.12. The second kappa shape index (κ2) is 11.6. The second-order valence-corrected chi connectivity index (χ2v) is 12.7. The molecule has 7 rings (SSSR count). The van der Waals surface area contributed by atoms with Crippen molar-refractivity contribution >= 4 is 46.1 Å². The van der Waals surface area contributed by atoms with E-state index in [0.29, 0.717) is 55.6 Å². The summed E-state index contributed by atoms with van der Waals surface area (Å²) in [5.41, 5.74) is 0.868. The molecule has 1 saturated carbocycles. The molecule has 0 bridgehead atoms. The third kappa shape index (κ3) is 5.57. The number of rotatable bonds is 7. The number of benzene rings is 1. The van der Waals surface area contributed by atoms with Gasteiger partial charge in [0.05, 0.1) is 22.0 Å². The van der Waals surface area contributed by atoms with Crippen molar-refractivity contribution in [2.24, 2.45) is 5.41 Å². The molecule has 1 spiro atoms. The van der Waals surface area contributed by atoms with Gasteiger partial charge in [0.2, 0.25) is 11.7 Å². The molecule has 246 valence electrons. The molecule has 3 aliphatic rings. The van der Waals surface area contributed by atoms with E-state index in [-0.39, 0.29) is 39.8 Å². The van der Waals surface area contributed by atoms with Gasteiger partial charge in [-0.3, -0.25) is 9.59 Å². The van der Waals surface area contributed by atoms with E-state index in [4.69, 9.17) is 16.6 Å². The summed E-state index contributed by atoms with van der Waals surface area (Å²) in [5.74, 6) is 0.616. The topological polar surface area (TPSA) is 121 Å². The fourth-order valence-electron chi connectivity index (χ4n) is 6.78. The van der Waals surface area contributed by atoms with Gasteiger partial charge in [0, 0.05) is 32.4 Å². The van der Waals surface area contributed by atoms with Crippen molar-refractivity contribution in [1.82, 2.24) is 24.1 Å². The lowest BCUT2D eigenvalue weighted by molar-refractivity contribution is -0.137. The summed E-state index contributed by atoms with van der Waals surface area (Å²) in [7, 11) is 0. The van der Waals surface area contributed by atoms with E-state index >= 15 is 0 Å². The highest BCUT2D eigenvalue weighted by Crippen LogP contribution is 2.56. The van der Waals surface area contributed by atoms with Crippen LogP contribution in [0.5, 0.6) is 5.75 Å². The third-order valence-corrected chi connectivity index (χ3v) is 9.67. The molecule has 2 fully saturated rings. The molecule has 0 unspecified atom stereocenters. The predicted octanol–water partition coefficient (Wildman–Crippen LogP) is 5.15. The number of nitrogens with zero attached hydrogens (tertiary/aromatic N) is 7. The lowest BCUT2D eigenvalue weighted by Gasteiger charge is -2.46. The number of nitrogens with one attached hydrogen (secondary N) is 1. The number of carbonyl (C=O) groups excluding carboxylic acids is 1. The quantitative estimate of drug-likeness (QED) is 0.278. The first kappa shape index (κ1) is 31.0. The van der Waals surface area contributed by atoms with E-state index in [1.807, 2.05) is 16.7 Å². The van der Waals surface area contributed by atoms with Gasteiger partial charge in [0.25, 0.3) is 5.56 Å². The van der Waals surface area contributed by atoms with Crippen molar-refractivity contribution in [3.8, 4) is 5.75 Å². The first-order valence-corrected chi connectivity index (χ1v) is 15.9. The average Bonchev–Trinajstić information content (AvgIpc) is 3.43. The van der Waals surface area contributed by atoms with E-state index < -0.39 is 17.6 Å². The summed E-state index contributed by atoms with van der Waals surface area (Å²) in [6, 6.07) is 5.96. The van der Waals surface area contributed by atoms with E-state index in [1.54, 1.807) is 22.9 Å². The number of carbonyl (C=O) groups is 1. The summed E-state index contributed by atoms with van der Waals surface area (Å²) in [6.45, 7) is 3.43. The Hall–Kier alpha value is -4.59. The number of piperazine rings is 1. The summed E-state index contributed by atoms with van der Waals surface area (Å²) in [6.07, 6.45) is 3.85. The van der Waals surface area contributed by atoms with Crippen LogP contribution in [0.2, 0.25) is 5.02 Å². The van der Waals surface area contributed by atoms with Crippen molar-refractivity contribution in [2.45, 2.75) is 51.7 Å². The Morgan fingerprint density at radius 1 is 1.13 bits per heavy atom. The normalized spacial score (nSPS) is 17.4. The van der Waals surface area contributed by atoms with Crippen LogP contribution in [0.3, 0.4) is 0 Å². The molecule has 4 aromatic rings. The fourth-order valence-corrected chi connectivity index (χ4v) is 7.01. The minimum atomic E-state index is -4.58. The van der Waals surface area contributed by atoms with Gasteiger partial charge in [-0.05, 0) is 67.0 Å². The van der Waals surface area contributed by atoms with E-state index in [2.05, 4.69) is 21.5 Å². The largest absolute Gasteiger partial charge is 0.504 e. The van der Waals surface area contributed by atoms with Crippen LogP contribution in [0.4, 0.5) is 30.4 Å². The predicted molar refractivity (Wildman–Crippen MR) is 171 cm³/mol. The minimum Gasteiger partial charge on any atom is -0.504 e. The van der Waals surface area contributed by atoms with Crippen LogP contribution >= 0.6 is 11.6 Å². The van der Waals surface area contributed by atoms with Crippen LogP contribution in [-0.4, -0.2) is 61.3 Å². The lowest BCUT2D eigenvalue weighted by Crippen LogP contribution is -2.49. The minimum absolute atomic E-state index is 0.0291. The smallest absolute Gasteiger partial charge is 0.416 e. The Balaban J connectivity index is 1.24. The molecule has 15 heteroatoms. The van der Waals surface area contributed by atoms with E-state index in [0.717, 1.165) is 43.0 Å². The molecule has 2 aliphatic carbocycles. The Labute approximate surface area is 272 Å². The first-order valence-electron chi connectivity index (χ1n) is 15.5. The fraction of sp³-hybridized carbons (Fsp3) is 0.406. The van der Waals surface area contributed by atoms with Crippen molar-refractivity contribution in [1.29, 1.82) is 0 Å². The van der Waals surface area contributed by atoms with Crippen LogP contribution in [0, 0.1) is 5.41 Å². The lowest BCUT2D eigenvalue weighted by atomic mass is 9.58. The van der Waals surface area contributed by atoms with Gasteiger partial charge in [-0.1, -0.05) is 31.0 Å². The van der Waals surface area contributed by atoms with E-state index in [1.165, 1.54) is 10.9 Å². The number of fused-ring (bicyclic) bond motifs is 1. The summed E-state index contributed by atoms with van der Waals surface area (Å²) in [4.78, 5) is 40.6. The number of alkyl halides is 3. The van der Waals surface area contributed by atoms with Crippen molar-refractivity contribution in [3.05, 3.63) is 75.1 Å². The van der Waals surface area contributed by atoms with Gasteiger partial charge >= 0.3 is 6.18 Å².